The fraction of sp³-hybridized carbons (Fsp3) is 0.500. The van der Waals surface area contributed by atoms with Crippen LogP contribution in [0.2, 0.25) is 0 Å². The number of aliphatic hydroxyl groups is 1. The summed E-state index contributed by atoms with van der Waals surface area (Å²) in [6.07, 6.45) is -0.0616. The Labute approximate surface area is 212 Å². The Morgan fingerprint density at radius 3 is 2.06 bits per heavy atom. The fourth-order valence-corrected chi connectivity index (χ4v) is 3.55. The maximum Gasteiger partial charge on any atom is 0.326 e. The SMILES string of the molecule is CSCCC(NC(=O)C(Cc1ccc(O)cc1)NC(=O)C(NC(=O)C(N)CC(N)=O)C(C)O)C(=O)O. The van der Waals surface area contributed by atoms with Crippen molar-refractivity contribution in [2.24, 2.45) is 11.5 Å². The first kappa shape index (κ1) is 30.7. The van der Waals surface area contributed by atoms with Gasteiger partial charge in [-0.2, -0.15) is 11.8 Å². The molecule has 0 saturated carbocycles. The quantitative estimate of drug-likeness (QED) is 0.123. The molecule has 0 spiro atoms. The third kappa shape index (κ3) is 10.5. The molecule has 0 saturated heterocycles. The lowest BCUT2D eigenvalue weighted by atomic mass is 10.0. The number of amides is 4. The van der Waals surface area contributed by atoms with Crippen LogP contribution < -0.4 is 27.4 Å². The van der Waals surface area contributed by atoms with Gasteiger partial charge in [-0.3, -0.25) is 19.2 Å². The number of carbonyl (C=O) groups excluding carboxylic acids is 4. The van der Waals surface area contributed by atoms with Crippen molar-refractivity contribution in [2.75, 3.05) is 12.0 Å². The Bertz CT molecular complexity index is 928. The Balaban J connectivity index is 3.11. The summed E-state index contributed by atoms with van der Waals surface area (Å²) in [6, 6.07) is 0.382. The van der Waals surface area contributed by atoms with Gasteiger partial charge in [-0.25, -0.2) is 4.79 Å². The number of aromatic hydroxyl groups is 1. The average Bonchev–Trinajstić information content (AvgIpc) is 2.79. The van der Waals surface area contributed by atoms with Crippen molar-refractivity contribution in [3.05, 3.63) is 29.8 Å². The highest BCUT2D eigenvalue weighted by Crippen LogP contribution is 2.12. The monoisotopic (exact) mass is 527 g/mol. The van der Waals surface area contributed by atoms with Gasteiger partial charge in [0.2, 0.25) is 23.6 Å². The first-order chi connectivity index (χ1) is 16.8. The number of thioether (sulfide) groups is 1. The largest absolute Gasteiger partial charge is 0.508 e. The standard InChI is InChI=1S/C22H33N5O8S/c1-11(28)18(27-19(31)14(23)10-17(24)30)21(33)26-16(9-12-3-5-13(29)6-4-12)20(32)25-15(22(34)35)7-8-36-2/h3-6,11,14-16,18,28-29H,7-10,23H2,1-2H3,(H2,24,30)(H,25,32)(H,26,33)(H,27,31)(H,34,35). The molecule has 36 heavy (non-hydrogen) atoms. The number of primary amides is 1. The van der Waals surface area contributed by atoms with Gasteiger partial charge in [0.05, 0.1) is 18.6 Å². The van der Waals surface area contributed by atoms with Gasteiger partial charge in [-0.15, -0.1) is 0 Å². The molecule has 0 heterocycles. The number of phenolic OH excluding ortho intramolecular Hbond substituents is 1. The molecule has 10 N–H and O–H groups in total. The molecule has 0 radical (unpaired) electrons. The van der Waals surface area contributed by atoms with E-state index in [4.69, 9.17) is 11.5 Å². The van der Waals surface area contributed by atoms with E-state index in [9.17, 15) is 39.3 Å². The molecule has 0 bridgehead atoms. The Hall–Kier alpha value is -3.36. The summed E-state index contributed by atoms with van der Waals surface area (Å²) in [6.45, 7) is 1.22. The molecular formula is C22H33N5O8S. The van der Waals surface area contributed by atoms with E-state index in [1.165, 1.54) is 43.0 Å². The lowest BCUT2D eigenvalue weighted by Gasteiger charge is -2.26. The van der Waals surface area contributed by atoms with E-state index in [-0.39, 0.29) is 18.6 Å². The van der Waals surface area contributed by atoms with E-state index in [1.54, 1.807) is 6.26 Å². The number of aliphatic carboxylic acids is 1. The van der Waals surface area contributed by atoms with Crippen molar-refractivity contribution in [2.45, 2.75) is 56.5 Å². The molecule has 5 unspecified atom stereocenters. The van der Waals surface area contributed by atoms with Gasteiger partial charge in [0.15, 0.2) is 0 Å². The number of carboxylic acid groups (broad SMARTS) is 1. The van der Waals surface area contributed by atoms with Crippen LogP contribution in [0.3, 0.4) is 0 Å². The summed E-state index contributed by atoms with van der Waals surface area (Å²) < 4.78 is 0. The molecule has 4 amide bonds. The second-order valence-corrected chi connectivity index (χ2v) is 9.10. The number of rotatable bonds is 15. The van der Waals surface area contributed by atoms with E-state index in [0.717, 1.165) is 0 Å². The smallest absolute Gasteiger partial charge is 0.326 e. The second-order valence-electron chi connectivity index (χ2n) is 8.12. The van der Waals surface area contributed by atoms with Crippen LogP contribution >= 0.6 is 11.8 Å². The van der Waals surface area contributed by atoms with Crippen molar-refractivity contribution < 1.29 is 39.3 Å². The Morgan fingerprint density at radius 1 is 0.972 bits per heavy atom. The van der Waals surface area contributed by atoms with Gasteiger partial charge in [-0.1, -0.05) is 12.1 Å². The first-order valence-corrected chi connectivity index (χ1v) is 12.4. The number of carboxylic acids is 1. The van der Waals surface area contributed by atoms with Crippen molar-refractivity contribution in [1.29, 1.82) is 0 Å². The van der Waals surface area contributed by atoms with Gasteiger partial charge >= 0.3 is 5.97 Å². The number of carbonyl (C=O) groups is 5. The van der Waals surface area contributed by atoms with Crippen LogP contribution in [-0.4, -0.2) is 87.2 Å². The predicted octanol–water partition coefficient (Wildman–Crippen LogP) is -2.19. The Morgan fingerprint density at radius 2 is 1.56 bits per heavy atom. The van der Waals surface area contributed by atoms with Crippen molar-refractivity contribution >= 4 is 41.4 Å². The summed E-state index contributed by atoms with van der Waals surface area (Å²) in [4.78, 5) is 60.8. The lowest BCUT2D eigenvalue weighted by molar-refractivity contribution is -0.142. The Kier molecular flexibility index (Phi) is 12.7. The summed E-state index contributed by atoms with van der Waals surface area (Å²) in [7, 11) is 0. The van der Waals surface area contributed by atoms with E-state index in [2.05, 4.69) is 16.0 Å². The van der Waals surface area contributed by atoms with Crippen molar-refractivity contribution in [1.82, 2.24) is 16.0 Å². The maximum absolute atomic E-state index is 13.0. The average molecular weight is 528 g/mol. The molecule has 0 aromatic heterocycles. The van der Waals surface area contributed by atoms with E-state index >= 15 is 0 Å². The number of nitrogens with one attached hydrogen (secondary N) is 3. The zero-order chi connectivity index (χ0) is 27.4. The molecule has 13 nitrogen and oxygen atoms in total. The van der Waals surface area contributed by atoms with Crippen LogP contribution in [0.1, 0.15) is 25.3 Å². The van der Waals surface area contributed by atoms with Crippen molar-refractivity contribution in [3.63, 3.8) is 0 Å². The molecule has 0 aliphatic rings. The van der Waals surface area contributed by atoms with Crippen molar-refractivity contribution in [3.8, 4) is 5.75 Å². The van der Waals surface area contributed by atoms with Gasteiger partial charge in [0.25, 0.3) is 0 Å². The normalized spacial score (nSPS) is 15.0. The molecule has 1 aromatic carbocycles. The number of hydrogen-bond acceptors (Lipinski definition) is 9. The molecular weight excluding hydrogens is 494 g/mol. The summed E-state index contributed by atoms with van der Waals surface area (Å²) in [5.41, 5.74) is 11.1. The fourth-order valence-electron chi connectivity index (χ4n) is 3.08. The highest BCUT2D eigenvalue weighted by atomic mass is 32.2. The number of nitrogens with two attached hydrogens (primary N) is 2. The molecule has 1 aromatic rings. The maximum atomic E-state index is 13.0. The minimum absolute atomic E-state index is 0.0176. The molecule has 14 heteroatoms. The zero-order valence-electron chi connectivity index (χ0n) is 20.0. The van der Waals surface area contributed by atoms with E-state index in [1.807, 2.05) is 0 Å². The van der Waals surface area contributed by atoms with E-state index < -0.39 is 66.3 Å². The highest BCUT2D eigenvalue weighted by Gasteiger charge is 2.32. The van der Waals surface area contributed by atoms with Crippen LogP contribution in [0.5, 0.6) is 5.75 Å². The second kappa shape index (κ2) is 14.9. The first-order valence-electron chi connectivity index (χ1n) is 11.0. The zero-order valence-corrected chi connectivity index (χ0v) is 20.8. The van der Waals surface area contributed by atoms with Gasteiger partial charge in [0, 0.05) is 6.42 Å². The topological polar surface area (TPSA) is 234 Å². The number of hydrogen-bond donors (Lipinski definition) is 8. The molecule has 1 rings (SSSR count). The number of phenols is 1. The van der Waals surface area contributed by atoms with Crippen LogP contribution in [0, 0.1) is 0 Å². The number of benzene rings is 1. The molecule has 0 aliphatic carbocycles. The summed E-state index contributed by atoms with van der Waals surface area (Å²) in [5, 5.41) is 36.1. The predicted molar refractivity (Wildman–Crippen MR) is 132 cm³/mol. The molecule has 200 valence electrons. The van der Waals surface area contributed by atoms with Gasteiger partial charge in [-0.05, 0) is 43.0 Å². The van der Waals surface area contributed by atoms with Crippen LogP contribution in [0.4, 0.5) is 0 Å². The minimum atomic E-state index is -1.54. The highest BCUT2D eigenvalue weighted by molar-refractivity contribution is 7.98. The third-order valence-electron chi connectivity index (χ3n) is 5.05. The molecule has 0 fully saturated rings. The summed E-state index contributed by atoms with van der Waals surface area (Å²) >= 11 is 1.40. The molecule has 0 aliphatic heterocycles. The lowest BCUT2D eigenvalue weighted by Crippen LogP contribution is -2.60. The van der Waals surface area contributed by atoms with Gasteiger partial charge in [0.1, 0.15) is 23.9 Å². The van der Waals surface area contributed by atoms with Crippen LogP contribution in [-0.2, 0) is 30.4 Å². The number of aliphatic hydroxyl groups excluding tert-OH is 1. The third-order valence-corrected chi connectivity index (χ3v) is 5.70. The van der Waals surface area contributed by atoms with Crippen LogP contribution in [0.15, 0.2) is 24.3 Å². The minimum Gasteiger partial charge on any atom is -0.508 e. The molecule has 5 atom stereocenters. The summed E-state index contributed by atoms with van der Waals surface area (Å²) in [5.74, 6) is -4.30. The van der Waals surface area contributed by atoms with Crippen LogP contribution in [0.25, 0.3) is 0 Å². The van der Waals surface area contributed by atoms with E-state index in [0.29, 0.717) is 11.3 Å². The van der Waals surface area contributed by atoms with Gasteiger partial charge < -0.3 is 42.7 Å².